The van der Waals surface area contributed by atoms with Crippen LogP contribution in [0.3, 0.4) is 0 Å². The summed E-state index contributed by atoms with van der Waals surface area (Å²) in [6.07, 6.45) is 9.39. The second-order valence-corrected chi connectivity index (χ2v) is 10.2. The van der Waals surface area contributed by atoms with Crippen LogP contribution >= 0.6 is 23.5 Å². The first kappa shape index (κ1) is 22.7. The standard InChI is InChI=1S/C27H25ClN4OS/c1-17-11-18(2)26(23(12-17)19-6-7-19)33-27-25(32(3)34-22-5-4-10-29-16-22)9-8-24(31-27)20-13-21(28)15-30-14-20/h4-5,8-16,19H,6-7H2,1-3H3. The first-order valence-electron chi connectivity index (χ1n) is 11.2. The Morgan fingerprint density at radius 3 is 2.62 bits per heavy atom. The summed E-state index contributed by atoms with van der Waals surface area (Å²) in [7, 11) is 2.01. The number of rotatable bonds is 7. The van der Waals surface area contributed by atoms with Gasteiger partial charge in [-0.15, -0.1) is 0 Å². The van der Waals surface area contributed by atoms with Gasteiger partial charge in [0.2, 0.25) is 5.88 Å². The Morgan fingerprint density at radius 1 is 1.03 bits per heavy atom. The van der Waals surface area contributed by atoms with Gasteiger partial charge in [-0.2, -0.15) is 0 Å². The van der Waals surface area contributed by atoms with Gasteiger partial charge in [0.15, 0.2) is 0 Å². The predicted molar refractivity (Wildman–Crippen MR) is 139 cm³/mol. The van der Waals surface area contributed by atoms with E-state index in [1.807, 2.05) is 43.6 Å². The van der Waals surface area contributed by atoms with Crippen LogP contribution in [0, 0.1) is 13.8 Å². The van der Waals surface area contributed by atoms with Crippen molar-refractivity contribution in [3.05, 3.63) is 89.0 Å². The van der Waals surface area contributed by atoms with E-state index < -0.39 is 0 Å². The molecular formula is C27H25ClN4OS. The molecule has 7 heteroatoms. The molecule has 0 atom stereocenters. The van der Waals surface area contributed by atoms with E-state index >= 15 is 0 Å². The fourth-order valence-electron chi connectivity index (χ4n) is 3.99. The summed E-state index contributed by atoms with van der Waals surface area (Å²) in [6.45, 7) is 4.24. The predicted octanol–water partition coefficient (Wildman–Crippen LogP) is 7.62. The minimum atomic E-state index is 0.546. The zero-order chi connectivity index (χ0) is 23.7. The fourth-order valence-corrected chi connectivity index (χ4v) is 4.96. The van der Waals surface area contributed by atoms with Crippen LogP contribution in [0.15, 0.2) is 72.1 Å². The number of pyridine rings is 3. The van der Waals surface area contributed by atoms with Crippen molar-refractivity contribution in [2.24, 2.45) is 0 Å². The molecule has 4 aromatic rings. The van der Waals surface area contributed by atoms with Gasteiger partial charge >= 0.3 is 0 Å². The SMILES string of the molecule is Cc1cc(C)c(Oc2nc(-c3cncc(Cl)c3)ccc2N(C)Sc2cccnc2)c(C2CC2)c1. The summed E-state index contributed by atoms with van der Waals surface area (Å²) in [4.78, 5) is 14.4. The van der Waals surface area contributed by atoms with E-state index in [1.54, 1.807) is 30.5 Å². The molecule has 3 aromatic heterocycles. The molecule has 1 fully saturated rings. The van der Waals surface area contributed by atoms with Crippen molar-refractivity contribution in [2.75, 3.05) is 11.4 Å². The summed E-state index contributed by atoms with van der Waals surface area (Å²) >= 11 is 7.77. The normalized spacial score (nSPS) is 13.1. The molecule has 172 valence electrons. The molecule has 1 aromatic carbocycles. The Bertz CT molecular complexity index is 1330. The van der Waals surface area contributed by atoms with E-state index in [4.69, 9.17) is 21.3 Å². The van der Waals surface area contributed by atoms with E-state index in [-0.39, 0.29) is 0 Å². The topological polar surface area (TPSA) is 51.1 Å². The van der Waals surface area contributed by atoms with Gasteiger partial charge in [-0.25, -0.2) is 4.98 Å². The average Bonchev–Trinajstić information content (AvgIpc) is 3.67. The molecule has 34 heavy (non-hydrogen) atoms. The number of aromatic nitrogens is 3. The van der Waals surface area contributed by atoms with Crippen molar-refractivity contribution >= 4 is 29.2 Å². The van der Waals surface area contributed by atoms with Crippen LogP contribution in [-0.4, -0.2) is 22.0 Å². The van der Waals surface area contributed by atoms with Gasteiger partial charge in [0.1, 0.15) is 11.4 Å². The van der Waals surface area contributed by atoms with Crippen LogP contribution in [0.4, 0.5) is 5.69 Å². The lowest BCUT2D eigenvalue weighted by molar-refractivity contribution is 0.455. The number of anilines is 1. The number of halogens is 1. The molecule has 1 aliphatic carbocycles. The number of benzene rings is 1. The van der Waals surface area contributed by atoms with E-state index in [1.165, 1.54) is 24.0 Å². The van der Waals surface area contributed by atoms with Gasteiger partial charge in [0.25, 0.3) is 0 Å². The summed E-state index contributed by atoms with van der Waals surface area (Å²) in [5.74, 6) is 2.01. The van der Waals surface area contributed by atoms with Crippen LogP contribution in [0.25, 0.3) is 11.3 Å². The maximum Gasteiger partial charge on any atom is 0.244 e. The van der Waals surface area contributed by atoms with E-state index in [0.29, 0.717) is 16.8 Å². The maximum absolute atomic E-state index is 6.64. The molecule has 1 saturated carbocycles. The van der Waals surface area contributed by atoms with Crippen molar-refractivity contribution in [3.8, 4) is 22.9 Å². The molecule has 0 saturated heterocycles. The molecule has 5 rings (SSSR count). The quantitative estimate of drug-likeness (QED) is 0.249. The van der Waals surface area contributed by atoms with Gasteiger partial charge in [-0.1, -0.05) is 29.3 Å². The summed E-state index contributed by atoms with van der Waals surface area (Å²) in [5, 5.41) is 0.570. The van der Waals surface area contributed by atoms with E-state index in [2.05, 4.69) is 40.3 Å². The molecule has 0 radical (unpaired) electrons. The molecule has 1 aliphatic rings. The first-order chi connectivity index (χ1) is 16.5. The molecular weight excluding hydrogens is 464 g/mol. The van der Waals surface area contributed by atoms with Crippen molar-refractivity contribution in [1.29, 1.82) is 0 Å². The Balaban J connectivity index is 1.57. The Morgan fingerprint density at radius 2 is 1.88 bits per heavy atom. The van der Waals surface area contributed by atoms with E-state index in [0.717, 1.165) is 33.2 Å². The molecule has 0 bridgehead atoms. The average molecular weight is 489 g/mol. The summed E-state index contributed by atoms with van der Waals surface area (Å²) in [6, 6.07) is 14.2. The van der Waals surface area contributed by atoms with Crippen molar-refractivity contribution < 1.29 is 4.74 Å². The van der Waals surface area contributed by atoms with Gasteiger partial charge in [-0.05, 0) is 86.0 Å². The Kier molecular flexibility index (Phi) is 6.44. The lowest BCUT2D eigenvalue weighted by atomic mass is 10.0. The summed E-state index contributed by atoms with van der Waals surface area (Å²) < 4.78 is 8.70. The van der Waals surface area contributed by atoms with E-state index in [9.17, 15) is 0 Å². The zero-order valence-electron chi connectivity index (χ0n) is 19.3. The monoisotopic (exact) mass is 488 g/mol. The zero-order valence-corrected chi connectivity index (χ0v) is 20.9. The number of ether oxygens (including phenoxy) is 1. The minimum Gasteiger partial charge on any atom is -0.436 e. The number of hydrogen-bond donors (Lipinski definition) is 0. The second-order valence-electron chi connectivity index (χ2n) is 8.57. The van der Waals surface area contributed by atoms with Crippen molar-refractivity contribution in [3.63, 3.8) is 0 Å². The fraction of sp³-hybridized carbons (Fsp3) is 0.222. The molecule has 0 spiro atoms. The van der Waals surface area contributed by atoms with Gasteiger partial charge in [0.05, 0.1) is 10.7 Å². The Hall–Kier alpha value is -3.09. The largest absolute Gasteiger partial charge is 0.436 e. The maximum atomic E-state index is 6.64. The number of nitrogens with zero attached hydrogens (tertiary/aromatic N) is 4. The highest BCUT2D eigenvalue weighted by Crippen LogP contribution is 2.48. The first-order valence-corrected chi connectivity index (χ1v) is 12.4. The lowest BCUT2D eigenvalue weighted by Gasteiger charge is -2.22. The van der Waals surface area contributed by atoms with Crippen LogP contribution in [0.1, 0.15) is 35.4 Å². The van der Waals surface area contributed by atoms with Gasteiger partial charge < -0.3 is 9.04 Å². The third-order valence-electron chi connectivity index (χ3n) is 5.72. The highest BCUT2D eigenvalue weighted by atomic mass is 35.5. The third kappa shape index (κ3) is 5.03. The highest BCUT2D eigenvalue weighted by molar-refractivity contribution is 8.00. The van der Waals surface area contributed by atoms with Crippen LogP contribution in [-0.2, 0) is 0 Å². The molecule has 3 heterocycles. The highest BCUT2D eigenvalue weighted by Gasteiger charge is 2.29. The summed E-state index contributed by atoms with van der Waals surface area (Å²) in [5.41, 5.74) is 6.10. The van der Waals surface area contributed by atoms with Crippen LogP contribution < -0.4 is 9.04 Å². The second kappa shape index (κ2) is 9.65. The molecule has 5 nitrogen and oxygen atoms in total. The van der Waals surface area contributed by atoms with Crippen molar-refractivity contribution in [2.45, 2.75) is 37.5 Å². The van der Waals surface area contributed by atoms with Gasteiger partial charge in [0, 0.05) is 42.3 Å². The van der Waals surface area contributed by atoms with Crippen molar-refractivity contribution in [1.82, 2.24) is 15.0 Å². The molecule has 0 aliphatic heterocycles. The molecule has 0 unspecified atom stereocenters. The molecule has 0 N–H and O–H groups in total. The molecule has 0 amide bonds. The third-order valence-corrected chi connectivity index (χ3v) is 6.85. The smallest absolute Gasteiger partial charge is 0.244 e. The van der Waals surface area contributed by atoms with Crippen LogP contribution in [0.5, 0.6) is 11.6 Å². The van der Waals surface area contributed by atoms with Crippen LogP contribution in [0.2, 0.25) is 5.02 Å². The van der Waals surface area contributed by atoms with Gasteiger partial charge in [-0.3, -0.25) is 9.97 Å². The number of aryl methyl sites for hydroxylation is 2. The Labute approximate surface area is 209 Å². The number of hydrogen-bond acceptors (Lipinski definition) is 6. The lowest BCUT2D eigenvalue weighted by Crippen LogP contribution is -2.09. The minimum absolute atomic E-state index is 0.546.